The molecule has 1 N–H and O–H groups in total. The number of nitrogens with one attached hydrogen (secondary N) is 1. The molecule has 1 atom stereocenters. The van der Waals surface area contributed by atoms with E-state index in [1.54, 1.807) is 42.5 Å². The molecule has 7 nitrogen and oxygen atoms in total. The number of halogens is 1. The van der Waals surface area contributed by atoms with E-state index >= 15 is 0 Å². The van der Waals surface area contributed by atoms with Crippen LogP contribution < -0.4 is 14.8 Å². The molecule has 0 spiro atoms. The van der Waals surface area contributed by atoms with Crippen molar-refractivity contribution in [3.05, 3.63) is 53.1 Å². The summed E-state index contributed by atoms with van der Waals surface area (Å²) in [5, 5.41) is 3.38. The maximum absolute atomic E-state index is 12.9. The van der Waals surface area contributed by atoms with E-state index in [0.29, 0.717) is 60.4 Å². The van der Waals surface area contributed by atoms with Crippen LogP contribution in [0, 0.1) is 5.92 Å². The number of ether oxygens (including phenoxy) is 2. The predicted octanol–water partition coefficient (Wildman–Crippen LogP) is 3.29. The molecule has 1 amide bonds. The van der Waals surface area contributed by atoms with Crippen LogP contribution in [0.3, 0.4) is 0 Å². The number of nitrogens with zero attached hydrogens (tertiary/aromatic N) is 1. The average molecular weight is 451 g/mol. The summed E-state index contributed by atoms with van der Waals surface area (Å²) in [5.74, 6) is 0.489. The highest BCUT2D eigenvalue weighted by Gasteiger charge is 2.32. The molecule has 2 aliphatic heterocycles. The number of piperidine rings is 1. The second-order valence-electron chi connectivity index (χ2n) is 7.43. The van der Waals surface area contributed by atoms with Gasteiger partial charge in [-0.2, -0.15) is 0 Å². The number of amides is 1. The molecule has 0 aliphatic carbocycles. The first kappa shape index (κ1) is 21.0. The van der Waals surface area contributed by atoms with Crippen molar-refractivity contribution in [3.8, 4) is 11.5 Å². The highest BCUT2D eigenvalue weighted by atomic mass is 35.5. The first-order valence-corrected chi connectivity index (χ1v) is 11.8. The third kappa shape index (κ3) is 4.88. The standard InChI is InChI=1S/C21H23ClN2O5S/c22-17-5-1-3-15(11-17)14-30(26,27)24-8-2-4-16(13-24)21(25)23-18-6-7-19-20(12-18)29-10-9-28-19/h1,3,5-7,11-12,16H,2,4,8-10,13-14H2,(H,23,25). The van der Waals surface area contributed by atoms with E-state index in [-0.39, 0.29) is 18.2 Å². The first-order chi connectivity index (χ1) is 14.4. The fourth-order valence-electron chi connectivity index (χ4n) is 3.70. The Bertz CT molecular complexity index is 1040. The summed E-state index contributed by atoms with van der Waals surface area (Å²) >= 11 is 5.97. The molecular formula is C21H23ClN2O5S. The molecule has 30 heavy (non-hydrogen) atoms. The van der Waals surface area contributed by atoms with Crippen molar-refractivity contribution in [1.29, 1.82) is 0 Å². The number of rotatable bonds is 5. The van der Waals surface area contributed by atoms with Crippen LogP contribution in [0.25, 0.3) is 0 Å². The van der Waals surface area contributed by atoms with E-state index in [4.69, 9.17) is 21.1 Å². The lowest BCUT2D eigenvalue weighted by Crippen LogP contribution is -2.44. The van der Waals surface area contributed by atoms with Gasteiger partial charge in [0.15, 0.2) is 11.5 Å². The fourth-order valence-corrected chi connectivity index (χ4v) is 5.51. The Morgan fingerprint density at radius 2 is 1.93 bits per heavy atom. The number of hydrogen-bond donors (Lipinski definition) is 1. The maximum atomic E-state index is 12.9. The molecular weight excluding hydrogens is 428 g/mol. The lowest BCUT2D eigenvalue weighted by molar-refractivity contribution is -0.120. The molecule has 0 radical (unpaired) electrons. The summed E-state index contributed by atoms with van der Waals surface area (Å²) in [6.07, 6.45) is 1.27. The van der Waals surface area contributed by atoms with Crippen LogP contribution in [-0.4, -0.2) is 44.9 Å². The maximum Gasteiger partial charge on any atom is 0.228 e. The minimum absolute atomic E-state index is 0.135. The lowest BCUT2D eigenvalue weighted by atomic mass is 9.98. The molecule has 2 heterocycles. The number of sulfonamides is 1. The quantitative estimate of drug-likeness (QED) is 0.755. The minimum Gasteiger partial charge on any atom is -0.486 e. The van der Waals surface area contributed by atoms with Gasteiger partial charge in [0, 0.05) is 29.9 Å². The van der Waals surface area contributed by atoms with Crippen LogP contribution in [-0.2, 0) is 20.6 Å². The van der Waals surface area contributed by atoms with Crippen LogP contribution >= 0.6 is 11.6 Å². The molecule has 0 bridgehead atoms. The zero-order chi connectivity index (χ0) is 21.1. The van der Waals surface area contributed by atoms with E-state index in [2.05, 4.69) is 5.32 Å². The fraction of sp³-hybridized carbons (Fsp3) is 0.381. The second-order valence-corrected chi connectivity index (χ2v) is 9.84. The molecule has 1 unspecified atom stereocenters. The van der Waals surface area contributed by atoms with Gasteiger partial charge in [-0.05, 0) is 42.7 Å². The van der Waals surface area contributed by atoms with Gasteiger partial charge < -0.3 is 14.8 Å². The van der Waals surface area contributed by atoms with Crippen LogP contribution in [0.2, 0.25) is 5.02 Å². The van der Waals surface area contributed by atoms with Crippen molar-refractivity contribution in [3.63, 3.8) is 0 Å². The van der Waals surface area contributed by atoms with E-state index < -0.39 is 15.9 Å². The Balaban J connectivity index is 1.41. The Kier molecular flexibility index (Phi) is 6.17. The van der Waals surface area contributed by atoms with Crippen molar-refractivity contribution in [2.75, 3.05) is 31.6 Å². The molecule has 4 rings (SSSR count). The molecule has 0 aromatic heterocycles. The van der Waals surface area contributed by atoms with Gasteiger partial charge in [-0.1, -0.05) is 23.7 Å². The molecule has 9 heteroatoms. The number of carbonyl (C=O) groups is 1. The highest BCUT2D eigenvalue weighted by molar-refractivity contribution is 7.88. The van der Waals surface area contributed by atoms with Gasteiger partial charge in [-0.15, -0.1) is 0 Å². The van der Waals surface area contributed by atoms with E-state index in [1.165, 1.54) is 4.31 Å². The Hall–Kier alpha value is -2.29. The molecule has 2 aromatic carbocycles. The monoisotopic (exact) mass is 450 g/mol. The van der Waals surface area contributed by atoms with Gasteiger partial charge in [0.1, 0.15) is 13.2 Å². The van der Waals surface area contributed by atoms with Crippen molar-refractivity contribution >= 4 is 33.2 Å². The van der Waals surface area contributed by atoms with Crippen molar-refractivity contribution in [1.82, 2.24) is 4.31 Å². The zero-order valence-corrected chi connectivity index (χ0v) is 17.9. The zero-order valence-electron chi connectivity index (χ0n) is 16.3. The predicted molar refractivity (Wildman–Crippen MR) is 114 cm³/mol. The summed E-state index contributed by atoms with van der Waals surface area (Å²) < 4.78 is 38.2. The third-order valence-electron chi connectivity index (χ3n) is 5.20. The smallest absolute Gasteiger partial charge is 0.228 e. The molecule has 2 aromatic rings. The third-order valence-corrected chi connectivity index (χ3v) is 7.25. The van der Waals surface area contributed by atoms with E-state index in [0.717, 1.165) is 0 Å². The highest BCUT2D eigenvalue weighted by Crippen LogP contribution is 2.33. The average Bonchev–Trinajstić information content (AvgIpc) is 2.73. The molecule has 0 saturated carbocycles. The summed E-state index contributed by atoms with van der Waals surface area (Å²) in [4.78, 5) is 12.8. The molecule has 1 saturated heterocycles. The largest absolute Gasteiger partial charge is 0.486 e. The second kappa shape index (κ2) is 8.83. The van der Waals surface area contributed by atoms with Gasteiger partial charge >= 0.3 is 0 Å². The summed E-state index contributed by atoms with van der Waals surface area (Å²) in [5.41, 5.74) is 1.23. The molecule has 160 valence electrons. The molecule has 2 aliphatic rings. The Labute approximate surface area is 181 Å². The summed E-state index contributed by atoms with van der Waals surface area (Å²) in [6, 6.07) is 12.1. The number of benzene rings is 2. The van der Waals surface area contributed by atoms with Crippen molar-refractivity contribution < 1.29 is 22.7 Å². The van der Waals surface area contributed by atoms with Gasteiger partial charge in [0.2, 0.25) is 15.9 Å². The number of anilines is 1. The van der Waals surface area contributed by atoms with Gasteiger partial charge in [-0.3, -0.25) is 4.79 Å². The van der Waals surface area contributed by atoms with E-state index in [9.17, 15) is 13.2 Å². The van der Waals surface area contributed by atoms with Crippen LogP contribution in [0.5, 0.6) is 11.5 Å². The van der Waals surface area contributed by atoms with Crippen LogP contribution in [0.1, 0.15) is 18.4 Å². The Morgan fingerprint density at radius 3 is 2.73 bits per heavy atom. The normalized spacial score (nSPS) is 19.3. The van der Waals surface area contributed by atoms with Crippen LogP contribution in [0.4, 0.5) is 5.69 Å². The van der Waals surface area contributed by atoms with Gasteiger partial charge in [0.05, 0.1) is 11.7 Å². The van der Waals surface area contributed by atoms with Crippen molar-refractivity contribution in [2.45, 2.75) is 18.6 Å². The number of carbonyl (C=O) groups excluding carboxylic acids is 1. The van der Waals surface area contributed by atoms with Gasteiger partial charge in [0.25, 0.3) is 0 Å². The summed E-state index contributed by atoms with van der Waals surface area (Å²) in [6.45, 7) is 1.54. The number of hydrogen-bond acceptors (Lipinski definition) is 5. The topological polar surface area (TPSA) is 84.9 Å². The lowest BCUT2D eigenvalue weighted by Gasteiger charge is -2.31. The van der Waals surface area contributed by atoms with Gasteiger partial charge in [-0.25, -0.2) is 12.7 Å². The van der Waals surface area contributed by atoms with Crippen molar-refractivity contribution in [2.24, 2.45) is 5.92 Å². The SMILES string of the molecule is O=C(Nc1ccc2c(c1)OCCO2)C1CCCN(S(=O)(=O)Cc2cccc(Cl)c2)C1. The van der Waals surface area contributed by atoms with E-state index in [1.807, 2.05) is 0 Å². The molecule has 1 fully saturated rings. The first-order valence-electron chi connectivity index (χ1n) is 9.83. The van der Waals surface area contributed by atoms with Crippen LogP contribution in [0.15, 0.2) is 42.5 Å². The Morgan fingerprint density at radius 1 is 1.13 bits per heavy atom. The number of fused-ring (bicyclic) bond motifs is 1. The summed E-state index contributed by atoms with van der Waals surface area (Å²) in [7, 11) is -3.55. The minimum atomic E-state index is -3.55.